The number of phenolic OH excluding ortho intramolecular Hbond substituents is 3. The van der Waals surface area contributed by atoms with E-state index < -0.39 is 82.8 Å². The fourth-order valence-electron chi connectivity index (χ4n) is 4.08. The van der Waals surface area contributed by atoms with Crippen LogP contribution in [0.5, 0.6) is 23.0 Å². The summed E-state index contributed by atoms with van der Waals surface area (Å²) < 4.78 is 11.0. The van der Waals surface area contributed by atoms with E-state index in [9.17, 15) is 45.3 Å². The van der Waals surface area contributed by atoms with Gasteiger partial charge in [-0.25, -0.2) is 0 Å². The summed E-state index contributed by atoms with van der Waals surface area (Å²) >= 11 is 0. The maximum atomic E-state index is 13.4. The van der Waals surface area contributed by atoms with Crippen molar-refractivity contribution in [3.05, 3.63) is 45.5 Å². The molecular formula is C22H22O11. The summed E-state index contributed by atoms with van der Waals surface area (Å²) in [5.41, 5.74) is -1.45. The molecule has 1 fully saturated rings. The minimum atomic E-state index is -1.79. The second kappa shape index (κ2) is 7.97. The first-order valence-electron chi connectivity index (χ1n) is 9.98. The van der Waals surface area contributed by atoms with Gasteiger partial charge in [-0.15, -0.1) is 0 Å². The van der Waals surface area contributed by atoms with E-state index in [0.717, 1.165) is 12.1 Å². The Morgan fingerprint density at radius 3 is 2.18 bits per heavy atom. The molecule has 2 aromatic carbocycles. The Hall–Kier alpha value is -3.22. The normalized spacial score (nSPS) is 26.7. The third kappa shape index (κ3) is 3.33. The van der Waals surface area contributed by atoms with Gasteiger partial charge < -0.3 is 45.2 Å². The third-order valence-corrected chi connectivity index (χ3v) is 5.98. The molecule has 0 bridgehead atoms. The molecule has 0 amide bonds. The summed E-state index contributed by atoms with van der Waals surface area (Å²) in [6.07, 6.45) is -8.12. The van der Waals surface area contributed by atoms with Gasteiger partial charge >= 0.3 is 0 Å². The van der Waals surface area contributed by atoms with Crippen molar-refractivity contribution in [1.29, 1.82) is 0 Å². The second-order valence-corrected chi connectivity index (χ2v) is 8.06. The molecule has 0 spiro atoms. The number of aromatic hydroxyl groups is 3. The zero-order chi connectivity index (χ0) is 24.4. The number of aliphatic hydroxyl groups excluding tert-OH is 4. The van der Waals surface area contributed by atoms with Gasteiger partial charge in [-0.3, -0.25) is 9.59 Å². The van der Waals surface area contributed by atoms with Crippen LogP contribution in [0, 0.1) is 13.8 Å². The van der Waals surface area contributed by atoms with Gasteiger partial charge in [0.2, 0.25) is 12.1 Å². The van der Waals surface area contributed by atoms with Crippen molar-refractivity contribution in [3.8, 4) is 23.0 Å². The SMILES string of the molecule is Cc1cc(O)c2c(c1O[C@H]1O[C@H](CO)[C@@H](O)[C@H](O)[C@H]1O)C(=O)c1c(cc(O)c(C)c1O)C2=O. The van der Waals surface area contributed by atoms with Gasteiger partial charge in [-0.1, -0.05) is 0 Å². The third-order valence-electron chi connectivity index (χ3n) is 5.98. The molecule has 2 aliphatic rings. The molecule has 11 nitrogen and oxygen atoms in total. The molecule has 0 aromatic heterocycles. The lowest BCUT2D eigenvalue weighted by atomic mass is 9.80. The van der Waals surface area contributed by atoms with Crippen molar-refractivity contribution in [3.63, 3.8) is 0 Å². The number of ether oxygens (including phenoxy) is 2. The highest BCUT2D eigenvalue weighted by Crippen LogP contribution is 2.45. The van der Waals surface area contributed by atoms with Gasteiger partial charge in [0, 0.05) is 11.1 Å². The largest absolute Gasteiger partial charge is 0.508 e. The number of carbonyl (C=O) groups is 2. The van der Waals surface area contributed by atoms with E-state index >= 15 is 0 Å². The number of benzene rings is 2. The lowest BCUT2D eigenvalue weighted by Gasteiger charge is -2.40. The summed E-state index contributed by atoms with van der Waals surface area (Å²) in [6.45, 7) is 2.07. The van der Waals surface area contributed by atoms with Crippen molar-refractivity contribution in [2.24, 2.45) is 0 Å². The van der Waals surface area contributed by atoms with E-state index in [1.165, 1.54) is 13.8 Å². The average molecular weight is 462 g/mol. The highest BCUT2D eigenvalue weighted by atomic mass is 16.7. The lowest BCUT2D eigenvalue weighted by Crippen LogP contribution is -2.60. The fraction of sp³-hybridized carbons (Fsp3) is 0.364. The van der Waals surface area contributed by atoms with Crippen LogP contribution >= 0.6 is 0 Å². The maximum absolute atomic E-state index is 13.4. The first kappa shape index (κ1) is 23.0. The molecule has 1 heterocycles. The molecule has 7 N–H and O–H groups in total. The van der Waals surface area contributed by atoms with Gasteiger partial charge in [0.05, 0.1) is 23.3 Å². The van der Waals surface area contributed by atoms with Gasteiger partial charge in [0.25, 0.3) is 0 Å². The van der Waals surface area contributed by atoms with Crippen molar-refractivity contribution in [2.45, 2.75) is 44.6 Å². The molecule has 0 radical (unpaired) electrons. The number of aliphatic hydroxyl groups is 4. The molecule has 33 heavy (non-hydrogen) atoms. The van der Waals surface area contributed by atoms with E-state index in [2.05, 4.69) is 0 Å². The smallest absolute Gasteiger partial charge is 0.229 e. The van der Waals surface area contributed by atoms with E-state index in [0.29, 0.717) is 0 Å². The summed E-state index contributed by atoms with van der Waals surface area (Å²) in [6, 6.07) is 2.16. The van der Waals surface area contributed by atoms with Gasteiger partial charge in [-0.05, 0) is 31.5 Å². The molecule has 1 saturated heterocycles. The Morgan fingerprint density at radius 1 is 0.879 bits per heavy atom. The highest BCUT2D eigenvalue weighted by Gasteiger charge is 2.46. The molecule has 1 aliphatic carbocycles. The topological polar surface area (TPSA) is 194 Å². The summed E-state index contributed by atoms with van der Waals surface area (Å²) in [5, 5.41) is 70.6. The average Bonchev–Trinajstić information content (AvgIpc) is 2.77. The number of phenols is 3. The molecule has 0 saturated carbocycles. The predicted molar refractivity (Wildman–Crippen MR) is 109 cm³/mol. The van der Waals surface area contributed by atoms with Crippen LogP contribution < -0.4 is 4.74 Å². The number of carbonyl (C=O) groups excluding carboxylic acids is 2. The van der Waals surface area contributed by atoms with Crippen molar-refractivity contribution in [1.82, 2.24) is 0 Å². The Balaban J connectivity index is 1.87. The number of hydrogen-bond acceptors (Lipinski definition) is 11. The monoisotopic (exact) mass is 462 g/mol. The Bertz CT molecular complexity index is 1170. The van der Waals surface area contributed by atoms with Gasteiger partial charge in [0.15, 0.2) is 5.78 Å². The quantitative estimate of drug-likeness (QED) is 0.262. The first-order chi connectivity index (χ1) is 15.5. The number of aryl methyl sites for hydroxylation is 1. The molecular weight excluding hydrogens is 440 g/mol. The Morgan fingerprint density at radius 2 is 1.55 bits per heavy atom. The van der Waals surface area contributed by atoms with Crippen LogP contribution in [0.2, 0.25) is 0 Å². The minimum absolute atomic E-state index is 0.0355. The molecule has 4 rings (SSSR count). The van der Waals surface area contributed by atoms with Gasteiger partial charge in [-0.2, -0.15) is 0 Å². The summed E-state index contributed by atoms with van der Waals surface area (Å²) in [4.78, 5) is 26.5. The summed E-state index contributed by atoms with van der Waals surface area (Å²) in [7, 11) is 0. The molecule has 2 aromatic rings. The van der Waals surface area contributed by atoms with Crippen molar-refractivity contribution in [2.75, 3.05) is 6.61 Å². The minimum Gasteiger partial charge on any atom is -0.508 e. The lowest BCUT2D eigenvalue weighted by molar-refractivity contribution is -0.277. The van der Waals surface area contributed by atoms with Crippen LogP contribution in [0.4, 0.5) is 0 Å². The van der Waals surface area contributed by atoms with Crippen LogP contribution in [-0.4, -0.2) is 84.6 Å². The zero-order valence-corrected chi connectivity index (χ0v) is 17.5. The number of ketones is 2. The summed E-state index contributed by atoms with van der Waals surface area (Å²) in [5.74, 6) is -3.61. The Labute approximate surface area is 186 Å². The maximum Gasteiger partial charge on any atom is 0.229 e. The molecule has 11 heteroatoms. The number of fused-ring (bicyclic) bond motifs is 2. The van der Waals surface area contributed by atoms with Crippen LogP contribution in [-0.2, 0) is 4.74 Å². The van der Waals surface area contributed by atoms with E-state index in [1.54, 1.807) is 0 Å². The Kier molecular flexibility index (Phi) is 5.55. The molecule has 0 unspecified atom stereocenters. The molecule has 5 atom stereocenters. The van der Waals surface area contributed by atoms with E-state index in [4.69, 9.17) is 9.47 Å². The van der Waals surface area contributed by atoms with E-state index in [1.807, 2.05) is 0 Å². The zero-order valence-electron chi connectivity index (χ0n) is 17.5. The van der Waals surface area contributed by atoms with Crippen LogP contribution in [0.15, 0.2) is 12.1 Å². The van der Waals surface area contributed by atoms with Crippen molar-refractivity contribution < 1.29 is 54.8 Å². The standard InChI is InChI=1S/C22H22O11/c1-6-3-10(25)13-14(18(29)12-8(16(13)27)4-9(24)7(2)15(12)26)21(6)33-22-20(31)19(30)17(28)11(5-23)32-22/h3-4,11,17,19-20,22-26,28,30-31H,5H2,1-2H3/t11-,17-,19+,20-,22-/m1/s1. The molecule has 176 valence electrons. The first-order valence-corrected chi connectivity index (χ1v) is 9.98. The second-order valence-electron chi connectivity index (χ2n) is 8.06. The number of hydrogen-bond donors (Lipinski definition) is 7. The van der Waals surface area contributed by atoms with Crippen LogP contribution in [0.1, 0.15) is 43.0 Å². The predicted octanol–water partition coefficient (Wildman–Crippen LogP) is -0.626. The van der Waals surface area contributed by atoms with Crippen molar-refractivity contribution >= 4 is 11.6 Å². The highest BCUT2D eigenvalue weighted by molar-refractivity contribution is 6.31. The molecule has 1 aliphatic heterocycles. The number of rotatable bonds is 3. The van der Waals surface area contributed by atoms with E-state index in [-0.39, 0.29) is 22.4 Å². The van der Waals surface area contributed by atoms with Crippen LogP contribution in [0.25, 0.3) is 0 Å². The van der Waals surface area contributed by atoms with Gasteiger partial charge in [0.1, 0.15) is 47.4 Å². The van der Waals surface area contributed by atoms with Crippen LogP contribution in [0.3, 0.4) is 0 Å². The fourth-order valence-corrected chi connectivity index (χ4v) is 4.08.